The molecule has 0 spiro atoms. The summed E-state index contributed by atoms with van der Waals surface area (Å²) < 4.78 is 18.6. The maximum Gasteiger partial charge on any atom is 0.238 e. The summed E-state index contributed by atoms with van der Waals surface area (Å²) in [4.78, 5) is 19.6. The SMILES string of the molecule is COc1ccc(NC(=O)CN2CCC[C@H]2c2cccc(Cc3cccc(F)c3)n2)cc1. The molecule has 0 aliphatic carbocycles. The smallest absolute Gasteiger partial charge is 0.238 e. The van der Waals surface area contributed by atoms with E-state index in [1.807, 2.05) is 48.5 Å². The van der Waals surface area contributed by atoms with Gasteiger partial charge in [-0.05, 0) is 73.5 Å². The molecule has 5 nitrogen and oxygen atoms in total. The van der Waals surface area contributed by atoms with Crippen LogP contribution in [0, 0.1) is 5.82 Å². The van der Waals surface area contributed by atoms with Gasteiger partial charge in [0.2, 0.25) is 5.91 Å². The summed E-state index contributed by atoms with van der Waals surface area (Å²) in [5, 5.41) is 2.95. The second-order valence-electron chi connectivity index (χ2n) is 7.77. The summed E-state index contributed by atoms with van der Waals surface area (Å²) in [5.41, 5.74) is 3.50. The highest BCUT2D eigenvalue weighted by atomic mass is 19.1. The number of pyridine rings is 1. The topological polar surface area (TPSA) is 54.5 Å². The van der Waals surface area contributed by atoms with Crippen molar-refractivity contribution in [2.24, 2.45) is 0 Å². The molecule has 31 heavy (non-hydrogen) atoms. The second kappa shape index (κ2) is 9.71. The molecular formula is C25H26FN3O2. The van der Waals surface area contributed by atoms with Crippen LogP contribution in [0.25, 0.3) is 0 Å². The molecule has 0 saturated carbocycles. The van der Waals surface area contributed by atoms with Gasteiger partial charge in [0.05, 0.1) is 25.4 Å². The Bertz CT molecular complexity index is 1040. The number of methoxy groups -OCH3 is 1. The van der Waals surface area contributed by atoms with E-state index < -0.39 is 0 Å². The van der Waals surface area contributed by atoms with Gasteiger partial charge in [-0.3, -0.25) is 14.7 Å². The van der Waals surface area contributed by atoms with Crippen molar-refractivity contribution in [2.45, 2.75) is 25.3 Å². The van der Waals surface area contributed by atoms with Crippen LogP contribution in [0.3, 0.4) is 0 Å². The predicted octanol–water partition coefficient (Wildman–Crippen LogP) is 4.60. The normalized spacial score (nSPS) is 16.3. The zero-order chi connectivity index (χ0) is 21.6. The molecule has 1 atom stereocenters. The molecule has 1 saturated heterocycles. The van der Waals surface area contributed by atoms with Gasteiger partial charge in [0, 0.05) is 17.8 Å². The van der Waals surface area contributed by atoms with Crippen molar-refractivity contribution in [3.63, 3.8) is 0 Å². The lowest BCUT2D eigenvalue weighted by Crippen LogP contribution is -2.33. The number of benzene rings is 2. The molecule has 1 fully saturated rings. The third kappa shape index (κ3) is 5.47. The van der Waals surface area contributed by atoms with Crippen molar-refractivity contribution in [3.8, 4) is 5.75 Å². The maximum atomic E-state index is 13.5. The van der Waals surface area contributed by atoms with Gasteiger partial charge < -0.3 is 10.1 Å². The highest BCUT2D eigenvalue weighted by Crippen LogP contribution is 2.31. The maximum absolute atomic E-state index is 13.5. The molecule has 0 bridgehead atoms. The van der Waals surface area contributed by atoms with Crippen molar-refractivity contribution in [3.05, 3.63) is 89.5 Å². The third-order valence-corrected chi connectivity index (χ3v) is 5.53. The Kier molecular flexibility index (Phi) is 6.57. The third-order valence-electron chi connectivity index (χ3n) is 5.53. The van der Waals surface area contributed by atoms with Crippen molar-refractivity contribution >= 4 is 11.6 Å². The van der Waals surface area contributed by atoms with Crippen LogP contribution in [0.15, 0.2) is 66.7 Å². The lowest BCUT2D eigenvalue weighted by molar-refractivity contribution is -0.117. The van der Waals surface area contributed by atoms with Crippen molar-refractivity contribution in [1.29, 1.82) is 0 Å². The number of carbonyl (C=O) groups is 1. The summed E-state index contributed by atoms with van der Waals surface area (Å²) in [6, 6.07) is 20.0. The molecule has 0 radical (unpaired) electrons. The summed E-state index contributed by atoms with van der Waals surface area (Å²) >= 11 is 0. The quantitative estimate of drug-likeness (QED) is 0.608. The van der Waals surface area contributed by atoms with Crippen molar-refractivity contribution in [1.82, 2.24) is 9.88 Å². The monoisotopic (exact) mass is 419 g/mol. The first-order chi connectivity index (χ1) is 15.1. The molecule has 3 aromatic rings. The number of hydrogen-bond donors (Lipinski definition) is 1. The Labute approximate surface area is 181 Å². The lowest BCUT2D eigenvalue weighted by Gasteiger charge is -2.24. The van der Waals surface area contributed by atoms with Gasteiger partial charge in [0.1, 0.15) is 11.6 Å². The van der Waals surface area contributed by atoms with E-state index >= 15 is 0 Å². The number of nitrogens with zero attached hydrogens (tertiary/aromatic N) is 2. The van der Waals surface area contributed by atoms with E-state index in [4.69, 9.17) is 9.72 Å². The van der Waals surface area contributed by atoms with Crippen LogP contribution in [0.4, 0.5) is 10.1 Å². The van der Waals surface area contributed by atoms with Crippen LogP contribution in [-0.2, 0) is 11.2 Å². The molecule has 1 aromatic heterocycles. The second-order valence-corrected chi connectivity index (χ2v) is 7.77. The molecule has 6 heteroatoms. The first kappa shape index (κ1) is 21.0. The van der Waals surface area contributed by atoms with Gasteiger partial charge >= 0.3 is 0 Å². The number of aromatic nitrogens is 1. The molecule has 1 aliphatic rings. The van der Waals surface area contributed by atoms with E-state index in [0.717, 1.165) is 47.8 Å². The van der Waals surface area contributed by atoms with Gasteiger partial charge in [0.15, 0.2) is 0 Å². The molecule has 160 valence electrons. The number of rotatable bonds is 7. The fraction of sp³-hybridized carbons (Fsp3) is 0.280. The first-order valence-corrected chi connectivity index (χ1v) is 10.5. The number of nitrogens with one attached hydrogen (secondary N) is 1. The van der Waals surface area contributed by atoms with E-state index in [0.29, 0.717) is 13.0 Å². The average Bonchev–Trinajstić information content (AvgIpc) is 3.22. The molecular weight excluding hydrogens is 393 g/mol. The number of carbonyl (C=O) groups excluding carboxylic acids is 1. The van der Waals surface area contributed by atoms with Crippen molar-refractivity contribution in [2.75, 3.05) is 25.5 Å². The lowest BCUT2D eigenvalue weighted by atomic mass is 10.1. The van der Waals surface area contributed by atoms with Gasteiger partial charge in [0.25, 0.3) is 0 Å². The Balaban J connectivity index is 1.41. The number of ether oxygens (including phenoxy) is 1. The van der Waals surface area contributed by atoms with Crippen LogP contribution in [0.5, 0.6) is 5.75 Å². The number of amides is 1. The molecule has 0 unspecified atom stereocenters. The summed E-state index contributed by atoms with van der Waals surface area (Å²) in [5.74, 6) is 0.466. The minimum absolute atomic E-state index is 0.0482. The number of anilines is 1. The van der Waals surface area contributed by atoms with E-state index in [2.05, 4.69) is 10.2 Å². The highest BCUT2D eigenvalue weighted by Gasteiger charge is 2.28. The van der Waals surface area contributed by atoms with Crippen LogP contribution >= 0.6 is 0 Å². The molecule has 2 aromatic carbocycles. The Hall–Kier alpha value is -3.25. The minimum Gasteiger partial charge on any atom is -0.497 e. The van der Waals surface area contributed by atoms with E-state index in [-0.39, 0.29) is 17.8 Å². The molecule has 1 aliphatic heterocycles. The Morgan fingerprint density at radius 1 is 1.16 bits per heavy atom. The van der Waals surface area contributed by atoms with Gasteiger partial charge in [-0.1, -0.05) is 18.2 Å². The van der Waals surface area contributed by atoms with Gasteiger partial charge in [-0.15, -0.1) is 0 Å². The average molecular weight is 420 g/mol. The largest absolute Gasteiger partial charge is 0.497 e. The van der Waals surface area contributed by atoms with Gasteiger partial charge in [-0.25, -0.2) is 4.39 Å². The van der Waals surface area contributed by atoms with Crippen LogP contribution in [0.1, 0.15) is 35.8 Å². The number of halogens is 1. The molecule has 4 rings (SSSR count). The summed E-state index contributed by atoms with van der Waals surface area (Å²) in [7, 11) is 1.61. The first-order valence-electron chi connectivity index (χ1n) is 10.5. The predicted molar refractivity (Wildman–Crippen MR) is 119 cm³/mol. The fourth-order valence-corrected chi connectivity index (χ4v) is 4.05. The minimum atomic E-state index is -0.238. The molecule has 1 N–H and O–H groups in total. The molecule has 1 amide bonds. The van der Waals surface area contributed by atoms with Crippen LogP contribution in [-0.4, -0.2) is 36.0 Å². The zero-order valence-corrected chi connectivity index (χ0v) is 17.6. The van der Waals surface area contributed by atoms with E-state index in [1.54, 1.807) is 19.2 Å². The van der Waals surface area contributed by atoms with Crippen molar-refractivity contribution < 1.29 is 13.9 Å². The standard InChI is InChI=1S/C25H26FN3O2/c1-31-22-12-10-20(11-13-22)28-25(30)17-29-14-4-9-24(29)23-8-3-7-21(27-23)16-18-5-2-6-19(26)15-18/h2-3,5-8,10-13,15,24H,4,9,14,16-17H2,1H3,(H,28,30)/t24-/m0/s1. The molecule has 2 heterocycles. The summed E-state index contributed by atoms with van der Waals surface area (Å²) in [6.45, 7) is 1.17. The zero-order valence-electron chi connectivity index (χ0n) is 17.6. The Morgan fingerprint density at radius 2 is 1.97 bits per heavy atom. The van der Waals surface area contributed by atoms with Gasteiger partial charge in [-0.2, -0.15) is 0 Å². The van der Waals surface area contributed by atoms with E-state index in [1.165, 1.54) is 6.07 Å². The Morgan fingerprint density at radius 3 is 2.74 bits per heavy atom. The van der Waals surface area contributed by atoms with E-state index in [9.17, 15) is 9.18 Å². The summed E-state index contributed by atoms with van der Waals surface area (Å²) in [6.07, 6.45) is 2.57. The van der Waals surface area contributed by atoms with Crippen LogP contribution in [0.2, 0.25) is 0 Å². The van der Waals surface area contributed by atoms with Crippen LogP contribution < -0.4 is 10.1 Å². The fourth-order valence-electron chi connectivity index (χ4n) is 4.05. The highest BCUT2D eigenvalue weighted by molar-refractivity contribution is 5.92. The number of hydrogen-bond acceptors (Lipinski definition) is 4. The number of likely N-dealkylation sites (tertiary alicyclic amines) is 1.